The van der Waals surface area contributed by atoms with Crippen LogP contribution in [-0.4, -0.2) is 22.0 Å². The predicted octanol–water partition coefficient (Wildman–Crippen LogP) is 4.22. The second-order valence-electron chi connectivity index (χ2n) is 6.40. The van der Waals surface area contributed by atoms with Crippen molar-refractivity contribution >= 4 is 23.2 Å². The molecule has 0 spiro atoms. The first-order valence-corrected chi connectivity index (χ1v) is 8.88. The van der Waals surface area contributed by atoms with Crippen LogP contribution in [-0.2, 0) is 17.4 Å². The maximum absolute atomic E-state index is 12.8. The summed E-state index contributed by atoms with van der Waals surface area (Å²) in [4.78, 5) is 28.5. The van der Waals surface area contributed by atoms with Crippen molar-refractivity contribution in [1.82, 2.24) is 10.1 Å². The van der Waals surface area contributed by atoms with Crippen LogP contribution in [0.25, 0.3) is 0 Å². The van der Waals surface area contributed by atoms with Crippen molar-refractivity contribution in [2.45, 2.75) is 25.9 Å². The summed E-state index contributed by atoms with van der Waals surface area (Å²) in [5.41, 5.74) is -0.298. The number of halogens is 3. The zero-order valence-corrected chi connectivity index (χ0v) is 15.8. The molecule has 2 amide bonds. The van der Waals surface area contributed by atoms with Crippen LogP contribution in [0.5, 0.6) is 0 Å². The van der Waals surface area contributed by atoms with Crippen molar-refractivity contribution in [2.24, 2.45) is 0 Å². The summed E-state index contributed by atoms with van der Waals surface area (Å²) in [6.07, 6.45) is -4.14. The molecule has 0 aliphatic carbocycles. The zero-order chi connectivity index (χ0) is 21.7. The minimum absolute atomic E-state index is 0.0131. The van der Waals surface area contributed by atoms with Crippen molar-refractivity contribution in [3.8, 4) is 0 Å². The molecule has 3 aromatic rings. The Morgan fingerprint density at radius 2 is 1.73 bits per heavy atom. The van der Waals surface area contributed by atoms with E-state index in [2.05, 4.69) is 20.8 Å². The Hall–Kier alpha value is -3.69. The zero-order valence-electron chi connectivity index (χ0n) is 15.8. The summed E-state index contributed by atoms with van der Waals surface area (Å²) in [7, 11) is 0. The molecule has 10 heteroatoms. The largest absolute Gasteiger partial charge is 0.416 e. The van der Waals surface area contributed by atoms with Crippen molar-refractivity contribution < 1.29 is 27.3 Å². The Balaban J connectivity index is 1.61. The Morgan fingerprint density at radius 3 is 2.40 bits per heavy atom. The SMILES string of the molecule is Cc1noc(CCC(=O)Nc2cccc(C(=O)Nc3cccc(C(F)(F)F)c3)c2)n1. The van der Waals surface area contributed by atoms with Gasteiger partial charge in [-0.05, 0) is 43.3 Å². The number of hydrogen-bond donors (Lipinski definition) is 2. The van der Waals surface area contributed by atoms with Crippen molar-refractivity contribution in [2.75, 3.05) is 10.6 Å². The molecule has 0 aliphatic heterocycles. The summed E-state index contributed by atoms with van der Waals surface area (Å²) in [6, 6.07) is 10.4. The lowest BCUT2D eigenvalue weighted by atomic mass is 10.1. The lowest BCUT2D eigenvalue weighted by molar-refractivity contribution is -0.137. The van der Waals surface area contributed by atoms with Gasteiger partial charge in [0.25, 0.3) is 5.91 Å². The number of alkyl halides is 3. The van der Waals surface area contributed by atoms with Crippen LogP contribution in [0.2, 0.25) is 0 Å². The number of amides is 2. The van der Waals surface area contributed by atoms with Gasteiger partial charge in [-0.3, -0.25) is 9.59 Å². The fraction of sp³-hybridized carbons (Fsp3) is 0.200. The smallest absolute Gasteiger partial charge is 0.339 e. The number of aromatic nitrogens is 2. The average Bonchev–Trinajstić information content (AvgIpc) is 3.11. The lowest BCUT2D eigenvalue weighted by Crippen LogP contribution is -2.15. The van der Waals surface area contributed by atoms with Crippen LogP contribution >= 0.6 is 0 Å². The molecular formula is C20H17F3N4O3. The fourth-order valence-electron chi connectivity index (χ4n) is 2.60. The van der Waals surface area contributed by atoms with Gasteiger partial charge < -0.3 is 15.2 Å². The molecule has 7 nitrogen and oxygen atoms in total. The first-order chi connectivity index (χ1) is 14.2. The Kier molecular flexibility index (Phi) is 6.14. The molecule has 1 aromatic heterocycles. The van der Waals surface area contributed by atoms with Crippen molar-refractivity contribution in [3.05, 3.63) is 71.4 Å². The van der Waals surface area contributed by atoms with Crippen molar-refractivity contribution in [3.63, 3.8) is 0 Å². The standard InChI is InChI=1S/C20H17F3N4O3/c1-12-24-18(30-27-12)9-8-17(28)25-15-6-2-4-13(10-15)19(29)26-16-7-3-5-14(11-16)20(21,22)23/h2-7,10-11H,8-9H2,1H3,(H,25,28)(H,26,29). The molecule has 0 saturated carbocycles. The number of anilines is 2. The van der Waals surface area contributed by atoms with Crippen LogP contribution in [0.3, 0.4) is 0 Å². The number of rotatable bonds is 6. The van der Waals surface area contributed by atoms with E-state index >= 15 is 0 Å². The Labute approximate surface area is 169 Å². The van der Waals surface area contributed by atoms with E-state index in [1.807, 2.05) is 0 Å². The van der Waals surface area contributed by atoms with Gasteiger partial charge in [-0.25, -0.2) is 0 Å². The van der Waals surface area contributed by atoms with Crippen LogP contribution in [0.4, 0.5) is 24.5 Å². The van der Waals surface area contributed by atoms with Gasteiger partial charge in [0.05, 0.1) is 5.56 Å². The second-order valence-corrected chi connectivity index (χ2v) is 6.40. The average molecular weight is 418 g/mol. The molecule has 0 atom stereocenters. The number of benzene rings is 2. The molecular weight excluding hydrogens is 401 g/mol. The van der Waals surface area contributed by atoms with Gasteiger partial charge in [-0.1, -0.05) is 17.3 Å². The highest BCUT2D eigenvalue weighted by molar-refractivity contribution is 6.05. The maximum Gasteiger partial charge on any atom is 0.416 e. The number of nitrogens with one attached hydrogen (secondary N) is 2. The number of hydrogen-bond acceptors (Lipinski definition) is 5. The normalized spacial score (nSPS) is 11.2. The van der Waals surface area contributed by atoms with E-state index in [4.69, 9.17) is 4.52 Å². The molecule has 30 heavy (non-hydrogen) atoms. The first kappa shape index (κ1) is 21.0. The molecule has 2 aromatic carbocycles. The van der Waals surface area contributed by atoms with Gasteiger partial charge in [-0.15, -0.1) is 0 Å². The van der Waals surface area contributed by atoms with Crippen LogP contribution < -0.4 is 10.6 Å². The summed E-state index contributed by atoms with van der Waals surface area (Å²) in [5.74, 6) is -0.102. The van der Waals surface area contributed by atoms with E-state index in [-0.39, 0.29) is 30.0 Å². The van der Waals surface area contributed by atoms with E-state index in [1.54, 1.807) is 19.1 Å². The van der Waals surface area contributed by atoms with Gasteiger partial charge in [0.2, 0.25) is 11.8 Å². The fourth-order valence-corrected chi connectivity index (χ4v) is 2.60. The maximum atomic E-state index is 12.8. The molecule has 1 heterocycles. The topological polar surface area (TPSA) is 97.1 Å². The summed E-state index contributed by atoms with van der Waals surface area (Å²) in [5, 5.41) is 8.71. The predicted molar refractivity (Wildman–Crippen MR) is 102 cm³/mol. The third kappa shape index (κ3) is 5.66. The monoisotopic (exact) mass is 418 g/mol. The minimum Gasteiger partial charge on any atom is -0.339 e. The number of nitrogens with zero attached hydrogens (tertiary/aromatic N) is 2. The highest BCUT2D eigenvalue weighted by Crippen LogP contribution is 2.30. The van der Waals surface area contributed by atoms with E-state index in [0.29, 0.717) is 17.4 Å². The van der Waals surface area contributed by atoms with E-state index < -0.39 is 17.6 Å². The van der Waals surface area contributed by atoms with Gasteiger partial charge in [0.15, 0.2) is 5.82 Å². The third-order valence-corrected chi connectivity index (χ3v) is 3.99. The van der Waals surface area contributed by atoms with E-state index in [9.17, 15) is 22.8 Å². The van der Waals surface area contributed by atoms with E-state index in [0.717, 1.165) is 12.1 Å². The first-order valence-electron chi connectivity index (χ1n) is 8.88. The molecule has 0 saturated heterocycles. The summed E-state index contributed by atoms with van der Waals surface area (Å²) >= 11 is 0. The Bertz CT molecular complexity index is 1060. The molecule has 156 valence electrons. The number of carbonyl (C=O) groups excluding carboxylic acids is 2. The van der Waals surface area contributed by atoms with E-state index in [1.165, 1.54) is 24.3 Å². The van der Waals surface area contributed by atoms with Gasteiger partial charge in [0, 0.05) is 29.8 Å². The quantitative estimate of drug-likeness (QED) is 0.625. The van der Waals surface area contributed by atoms with Gasteiger partial charge >= 0.3 is 6.18 Å². The molecule has 3 rings (SSSR count). The number of carbonyl (C=O) groups is 2. The van der Waals surface area contributed by atoms with Crippen LogP contribution in [0.15, 0.2) is 53.1 Å². The summed E-state index contributed by atoms with van der Waals surface area (Å²) < 4.78 is 43.4. The second kappa shape index (κ2) is 8.76. The third-order valence-electron chi connectivity index (χ3n) is 3.99. The minimum atomic E-state index is -4.51. The lowest BCUT2D eigenvalue weighted by Gasteiger charge is -2.11. The molecule has 0 unspecified atom stereocenters. The highest BCUT2D eigenvalue weighted by Gasteiger charge is 2.30. The molecule has 0 aliphatic rings. The molecule has 0 fully saturated rings. The van der Waals surface area contributed by atoms with Gasteiger partial charge in [-0.2, -0.15) is 18.2 Å². The Morgan fingerprint density at radius 1 is 1.03 bits per heavy atom. The van der Waals surface area contributed by atoms with Crippen LogP contribution in [0.1, 0.15) is 34.1 Å². The molecule has 2 N–H and O–H groups in total. The summed E-state index contributed by atoms with van der Waals surface area (Å²) in [6.45, 7) is 1.67. The highest BCUT2D eigenvalue weighted by atomic mass is 19.4. The van der Waals surface area contributed by atoms with Crippen LogP contribution in [0, 0.1) is 6.92 Å². The number of aryl methyl sites for hydroxylation is 2. The van der Waals surface area contributed by atoms with Gasteiger partial charge in [0.1, 0.15) is 0 Å². The van der Waals surface area contributed by atoms with Crippen molar-refractivity contribution in [1.29, 1.82) is 0 Å². The molecule has 0 bridgehead atoms. The molecule has 0 radical (unpaired) electrons.